The largest absolute Gasteiger partial charge is 0.494 e. The first kappa shape index (κ1) is 14.9. The molecule has 7 heteroatoms. The molecule has 1 aromatic carbocycles. The molecule has 0 spiro atoms. The summed E-state index contributed by atoms with van der Waals surface area (Å²) in [6.07, 6.45) is 1.38. The fourth-order valence-corrected chi connectivity index (χ4v) is 2.46. The van der Waals surface area contributed by atoms with Gasteiger partial charge >= 0.3 is 0 Å². The van der Waals surface area contributed by atoms with E-state index in [1.807, 2.05) is 0 Å². The number of methoxy groups -OCH3 is 1. The monoisotopic (exact) mass is 276 g/mol. The fourth-order valence-electron chi connectivity index (χ4n) is 1.37. The lowest BCUT2D eigenvalue weighted by atomic mass is 10.3. The zero-order valence-electron chi connectivity index (χ0n) is 10.1. The average Bonchev–Trinajstić information content (AvgIpc) is 2.34. The second-order valence-corrected chi connectivity index (χ2v) is 5.46. The van der Waals surface area contributed by atoms with Gasteiger partial charge in [0.25, 0.3) is 0 Å². The Balaban J connectivity index is 2.76. The highest BCUT2D eigenvalue weighted by atomic mass is 32.2. The van der Waals surface area contributed by atoms with Gasteiger partial charge in [0.2, 0.25) is 10.0 Å². The number of benzene rings is 1. The number of unbranched alkanes of at least 4 members (excludes halogenated alkanes) is 1. The van der Waals surface area contributed by atoms with Gasteiger partial charge in [0, 0.05) is 6.54 Å². The standard InChI is InChI=1S/C11H17FN2O3S/c1-17-11-5-4-9(8-10(11)12)18(15,16)14-7-3-2-6-13/h4-5,8,14H,2-3,6-7,13H2,1H3. The highest BCUT2D eigenvalue weighted by Crippen LogP contribution is 2.20. The summed E-state index contributed by atoms with van der Waals surface area (Å²) in [6.45, 7) is 0.798. The molecule has 0 saturated heterocycles. The van der Waals surface area contributed by atoms with E-state index >= 15 is 0 Å². The van der Waals surface area contributed by atoms with Gasteiger partial charge in [-0.05, 0) is 37.6 Å². The van der Waals surface area contributed by atoms with E-state index in [1.165, 1.54) is 19.2 Å². The van der Waals surface area contributed by atoms with E-state index in [4.69, 9.17) is 10.5 Å². The van der Waals surface area contributed by atoms with E-state index in [2.05, 4.69) is 4.72 Å². The van der Waals surface area contributed by atoms with Gasteiger partial charge in [-0.15, -0.1) is 0 Å². The number of nitrogens with two attached hydrogens (primary N) is 1. The summed E-state index contributed by atoms with van der Waals surface area (Å²) in [7, 11) is -2.36. The van der Waals surface area contributed by atoms with Gasteiger partial charge in [-0.25, -0.2) is 17.5 Å². The molecular weight excluding hydrogens is 259 g/mol. The number of hydrogen-bond acceptors (Lipinski definition) is 4. The van der Waals surface area contributed by atoms with Crippen molar-refractivity contribution in [3.8, 4) is 5.75 Å². The zero-order valence-corrected chi connectivity index (χ0v) is 11.0. The summed E-state index contributed by atoms with van der Waals surface area (Å²) in [5, 5.41) is 0. The Morgan fingerprint density at radius 3 is 2.67 bits per heavy atom. The Morgan fingerprint density at radius 1 is 1.39 bits per heavy atom. The normalized spacial score (nSPS) is 11.5. The molecule has 5 nitrogen and oxygen atoms in total. The van der Waals surface area contributed by atoms with Gasteiger partial charge in [0.15, 0.2) is 11.6 Å². The molecule has 3 N–H and O–H groups in total. The van der Waals surface area contributed by atoms with Gasteiger partial charge in [0.1, 0.15) is 0 Å². The van der Waals surface area contributed by atoms with Crippen molar-refractivity contribution in [2.24, 2.45) is 5.73 Å². The summed E-state index contributed by atoms with van der Waals surface area (Å²) in [4.78, 5) is -0.117. The summed E-state index contributed by atoms with van der Waals surface area (Å²) in [6, 6.07) is 3.51. The third kappa shape index (κ3) is 3.94. The molecule has 0 saturated carbocycles. The average molecular weight is 276 g/mol. The molecule has 0 aliphatic carbocycles. The minimum atomic E-state index is -3.67. The Morgan fingerprint density at radius 2 is 2.11 bits per heavy atom. The van der Waals surface area contributed by atoms with Crippen LogP contribution in [0.3, 0.4) is 0 Å². The van der Waals surface area contributed by atoms with Gasteiger partial charge in [-0.1, -0.05) is 0 Å². The second-order valence-electron chi connectivity index (χ2n) is 3.69. The number of ether oxygens (including phenoxy) is 1. The quantitative estimate of drug-likeness (QED) is 0.723. The maximum atomic E-state index is 13.4. The maximum Gasteiger partial charge on any atom is 0.240 e. The molecule has 0 aliphatic rings. The van der Waals surface area contributed by atoms with Crippen LogP contribution in [0.25, 0.3) is 0 Å². The second kappa shape index (κ2) is 6.67. The van der Waals surface area contributed by atoms with Crippen LogP contribution in [0, 0.1) is 5.82 Å². The Hall–Kier alpha value is -1.18. The number of nitrogens with one attached hydrogen (secondary N) is 1. The van der Waals surface area contributed by atoms with Gasteiger partial charge < -0.3 is 10.5 Å². The first-order valence-corrected chi connectivity index (χ1v) is 7.03. The molecule has 0 radical (unpaired) electrons. The summed E-state index contributed by atoms with van der Waals surface area (Å²) < 4.78 is 44.1. The third-order valence-electron chi connectivity index (χ3n) is 2.36. The van der Waals surface area contributed by atoms with Gasteiger partial charge in [0.05, 0.1) is 12.0 Å². The first-order chi connectivity index (χ1) is 8.51. The highest BCUT2D eigenvalue weighted by Gasteiger charge is 2.15. The number of rotatable bonds is 7. The van der Waals surface area contributed by atoms with Gasteiger partial charge in [-0.3, -0.25) is 0 Å². The number of halogens is 1. The molecule has 0 amide bonds. The van der Waals surface area contributed by atoms with Crippen LogP contribution in [-0.2, 0) is 10.0 Å². The molecule has 0 aromatic heterocycles. The smallest absolute Gasteiger partial charge is 0.240 e. The van der Waals surface area contributed by atoms with Crippen molar-refractivity contribution < 1.29 is 17.5 Å². The molecule has 0 bridgehead atoms. The molecule has 0 heterocycles. The zero-order chi connectivity index (χ0) is 13.6. The maximum absolute atomic E-state index is 13.4. The molecule has 102 valence electrons. The van der Waals surface area contributed by atoms with Crippen LogP contribution in [0.2, 0.25) is 0 Å². The first-order valence-electron chi connectivity index (χ1n) is 5.54. The molecule has 0 fully saturated rings. The van der Waals surface area contributed by atoms with Crippen molar-refractivity contribution in [1.82, 2.24) is 4.72 Å². The number of sulfonamides is 1. The SMILES string of the molecule is COc1ccc(S(=O)(=O)NCCCCN)cc1F. The summed E-state index contributed by atoms with van der Waals surface area (Å²) in [5.74, 6) is -0.695. The fraction of sp³-hybridized carbons (Fsp3) is 0.455. The predicted molar refractivity (Wildman–Crippen MR) is 66.4 cm³/mol. The van der Waals surface area contributed by atoms with E-state index in [0.29, 0.717) is 13.0 Å². The van der Waals surface area contributed by atoms with Crippen molar-refractivity contribution in [3.05, 3.63) is 24.0 Å². The van der Waals surface area contributed by atoms with Crippen molar-refractivity contribution in [1.29, 1.82) is 0 Å². The molecule has 0 atom stereocenters. The Bertz CT molecular complexity index is 491. The van der Waals surface area contributed by atoms with Crippen molar-refractivity contribution in [2.45, 2.75) is 17.7 Å². The summed E-state index contributed by atoms with van der Waals surface area (Å²) >= 11 is 0. The van der Waals surface area contributed by atoms with Crippen LogP contribution in [0.1, 0.15) is 12.8 Å². The number of hydrogen-bond donors (Lipinski definition) is 2. The highest BCUT2D eigenvalue weighted by molar-refractivity contribution is 7.89. The van der Waals surface area contributed by atoms with Crippen LogP contribution in [-0.4, -0.2) is 28.6 Å². The molecule has 0 unspecified atom stereocenters. The lowest BCUT2D eigenvalue weighted by Crippen LogP contribution is -2.25. The lowest BCUT2D eigenvalue weighted by Gasteiger charge is -2.08. The van der Waals surface area contributed by atoms with E-state index in [9.17, 15) is 12.8 Å². The van der Waals surface area contributed by atoms with Crippen LogP contribution in [0.4, 0.5) is 4.39 Å². The summed E-state index contributed by atoms with van der Waals surface area (Å²) in [5.41, 5.74) is 5.30. The van der Waals surface area contributed by atoms with Crippen LogP contribution < -0.4 is 15.2 Å². The topological polar surface area (TPSA) is 81.4 Å². The van der Waals surface area contributed by atoms with Crippen molar-refractivity contribution >= 4 is 10.0 Å². The van der Waals surface area contributed by atoms with E-state index in [0.717, 1.165) is 12.5 Å². The Labute approximate surface area is 106 Å². The van der Waals surface area contributed by atoms with Crippen LogP contribution >= 0.6 is 0 Å². The third-order valence-corrected chi connectivity index (χ3v) is 3.82. The van der Waals surface area contributed by atoms with Gasteiger partial charge in [-0.2, -0.15) is 0 Å². The Kier molecular flexibility index (Phi) is 5.52. The minimum absolute atomic E-state index is 0.0112. The van der Waals surface area contributed by atoms with E-state index in [1.54, 1.807) is 0 Å². The molecule has 18 heavy (non-hydrogen) atoms. The van der Waals surface area contributed by atoms with E-state index < -0.39 is 15.8 Å². The lowest BCUT2D eigenvalue weighted by molar-refractivity contribution is 0.385. The molecular formula is C11H17FN2O3S. The van der Waals surface area contributed by atoms with Crippen molar-refractivity contribution in [2.75, 3.05) is 20.2 Å². The minimum Gasteiger partial charge on any atom is -0.494 e. The molecule has 1 aromatic rings. The molecule has 0 aliphatic heterocycles. The van der Waals surface area contributed by atoms with Crippen LogP contribution in [0.15, 0.2) is 23.1 Å². The predicted octanol–water partition coefficient (Wildman–Crippen LogP) is 0.852. The van der Waals surface area contributed by atoms with Crippen molar-refractivity contribution in [3.63, 3.8) is 0 Å². The van der Waals surface area contributed by atoms with Crippen LogP contribution in [0.5, 0.6) is 5.75 Å². The molecule has 1 rings (SSSR count). The van der Waals surface area contributed by atoms with E-state index in [-0.39, 0.29) is 17.2 Å².